The predicted molar refractivity (Wildman–Crippen MR) is 113 cm³/mol. The van der Waals surface area contributed by atoms with Crippen LogP contribution in [-0.4, -0.2) is 31.9 Å². The van der Waals surface area contributed by atoms with E-state index in [4.69, 9.17) is 0 Å². The summed E-state index contributed by atoms with van der Waals surface area (Å²) in [6, 6.07) is 7.52. The van der Waals surface area contributed by atoms with Crippen LogP contribution >= 0.6 is 11.8 Å². The first-order valence-corrected chi connectivity index (χ1v) is 10.5. The fourth-order valence-electron chi connectivity index (χ4n) is 2.81. The molecule has 7 heteroatoms. The van der Waals surface area contributed by atoms with Crippen LogP contribution in [-0.2, 0) is 11.2 Å². The lowest BCUT2D eigenvalue weighted by Crippen LogP contribution is -2.41. The quantitative estimate of drug-likeness (QED) is 0.545. The minimum absolute atomic E-state index is 0.101. The SMILES string of the molecule is CCCCc1c(O)nc(SCC(=O)NC(C)(C)C)n(-c2ccccc2C)c1=O. The molecule has 152 valence electrons. The Bertz CT molecular complexity index is 901. The molecule has 0 fully saturated rings. The van der Waals surface area contributed by atoms with E-state index in [1.807, 2.05) is 58.9 Å². The first-order valence-electron chi connectivity index (χ1n) is 9.48. The van der Waals surface area contributed by atoms with E-state index in [1.165, 1.54) is 4.57 Å². The van der Waals surface area contributed by atoms with E-state index in [0.717, 1.165) is 30.2 Å². The van der Waals surface area contributed by atoms with Gasteiger partial charge in [-0.3, -0.25) is 14.2 Å². The average Bonchev–Trinajstić information content (AvgIpc) is 2.59. The molecule has 0 aliphatic heterocycles. The van der Waals surface area contributed by atoms with Gasteiger partial charge >= 0.3 is 0 Å². The van der Waals surface area contributed by atoms with Crippen molar-refractivity contribution >= 4 is 17.7 Å². The summed E-state index contributed by atoms with van der Waals surface area (Å²) in [5.74, 6) is -0.303. The minimum atomic E-state index is -0.340. The fourth-order valence-corrected chi connectivity index (χ4v) is 3.60. The molecule has 0 aliphatic carbocycles. The first kappa shape index (κ1) is 22.0. The number of amides is 1. The van der Waals surface area contributed by atoms with Crippen LogP contribution < -0.4 is 10.9 Å². The molecule has 0 spiro atoms. The van der Waals surface area contributed by atoms with Crippen molar-refractivity contribution in [1.82, 2.24) is 14.9 Å². The fraction of sp³-hybridized carbons (Fsp3) is 0.476. The van der Waals surface area contributed by atoms with Crippen molar-refractivity contribution in [3.05, 3.63) is 45.7 Å². The van der Waals surface area contributed by atoms with Crippen LogP contribution in [0.25, 0.3) is 5.69 Å². The first-order chi connectivity index (χ1) is 13.1. The molecular formula is C21H29N3O3S. The zero-order valence-electron chi connectivity index (χ0n) is 17.2. The molecule has 1 aromatic heterocycles. The van der Waals surface area contributed by atoms with Gasteiger partial charge in [-0.15, -0.1) is 0 Å². The number of aromatic nitrogens is 2. The van der Waals surface area contributed by atoms with E-state index in [9.17, 15) is 14.7 Å². The molecule has 1 aromatic carbocycles. The molecule has 0 aliphatic rings. The molecular weight excluding hydrogens is 374 g/mol. The highest BCUT2D eigenvalue weighted by Gasteiger charge is 2.20. The Morgan fingerprint density at radius 1 is 1.29 bits per heavy atom. The summed E-state index contributed by atoms with van der Waals surface area (Å²) >= 11 is 1.14. The van der Waals surface area contributed by atoms with Crippen LogP contribution in [0.2, 0.25) is 0 Å². The normalized spacial score (nSPS) is 11.5. The summed E-state index contributed by atoms with van der Waals surface area (Å²) in [6.07, 6.45) is 2.17. The Kier molecular flexibility index (Phi) is 7.29. The van der Waals surface area contributed by atoms with Gasteiger partial charge in [0.2, 0.25) is 11.8 Å². The van der Waals surface area contributed by atoms with Crippen molar-refractivity contribution in [3.8, 4) is 11.6 Å². The molecule has 28 heavy (non-hydrogen) atoms. The molecule has 6 nitrogen and oxygen atoms in total. The summed E-state index contributed by atoms with van der Waals surface area (Å²) in [7, 11) is 0. The number of aromatic hydroxyl groups is 1. The molecule has 0 atom stereocenters. The second-order valence-corrected chi connectivity index (χ2v) is 8.76. The Hall–Kier alpha value is -2.28. The maximum atomic E-state index is 13.2. The number of nitrogens with zero attached hydrogens (tertiary/aromatic N) is 2. The van der Waals surface area contributed by atoms with Crippen LogP contribution in [0.3, 0.4) is 0 Å². The van der Waals surface area contributed by atoms with Gasteiger partial charge in [0.25, 0.3) is 5.56 Å². The van der Waals surface area contributed by atoms with E-state index < -0.39 is 0 Å². The lowest BCUT2D eigenvalue weighted by molar-refractivity contribution is -0.119. The molecule has 0 saturated carbocycles. The summed E-state index contributed by atoms with van der Waals surface area (Å²) in [5, 5.41) is 13.6. The summed E-state index contributed by atoms with van der Waals surface area (Å²) in [6.45, 7) is 9.67. The van der Waals surface area contributed by atoms with Crippen molar-refractivity contribution < 1.29 is 9.90 Å². The highest BCUT2D eigenvalue weighted by Crippen LogP contribution is 2.25. The van der Waals surface area contributed by atoms with Crippen LogP contribution in [0.1, 0.15) is 51.7 Å². The number of nitrogens with one attached hydrogen (secondary N) is 1. The van der Waals surface area contributed by atoms with Gasteiger partial charge in [0.1, 0.15) is 0 Å². The Morgan fingerprint density at radius 3 is 2.57 bits per heavy atom. The van der Waals surface area contributed by atoms with Crippen molar-refractivity contribution in [2.45, 2.75) is 64.6 Å². The zero-order chi connectivity index (χ0) is 20.9. The van der Waals surface area contributed by atoms with Crippen molar-refractivity contribution in [3.63, 3.8) is 0 Å². The molecule has 0 saturated heterocycles. The lowest BCUT2D eigenvalue weighted by atomic mass is 10.1. The summed E-state index contributed by atoms with van der Waals surface area (Å²) in [5.41, 5.74) is 1.31. The van der Waals surface area contributed by atoms with Crippen molar-refractivity contribution in [1.29, 1.82) is 0 Å². The predicted octanol–water partition coefficient (Wildman–Crippen LogP) is 3.60. The van der Waals surface area contributed by atoms with Crippen LogP contribution in [0.5, 0.6) is 5.88 Å². The number of rotatable bonds is 7. The molecule has 0 bridgehead atoms. The number of hydrogen-bond acceptors (Lipinski definition) is 5. The van der Waals surface area contributed by atoms with Gasteiger partial charge < -0.3 is 10.4 Å². The Labute approximate surface area is 170 Å². The summed E-state index contributed by atoms with van der Waals surface area (Å²) < 4.78 is 1.51. The zero-order valence-corrected chi connectivity index (χ0v) is 18.0. The largest absolute Gasteiger partial charge is 0.493 e. The van der Waals surface area contributed by atoms with Gasteiger partial charge in [0.05, 0.1) is 17.0 Å². The van der Waals surface area contributed by atoms with E-state index in [1.54, 1.807) is 0 Å². The third-order valence-corrected chi connectivity index (χ3v) is 5.05. The third-order valence-electron chi connectivity index (χ3n) is 4.11. The molecule has 2 rings (SSSR count). The standard InChI is InChI=1S/C21H29N3O3S/c1-6-7-11-15-18(26)22-20(28-13-17(25)23-21(3,4)5)24(19(15)27)16-12-9-8-10-14(16)2/h8-10,12,26H,6-7,11,13H2,1-5H3,(H,23,25). The molecule has 1 heterocycles. The number of carbonyl (C=O) groups excluding carboxylic acids is 1. The van der Waals surface area contributed by atoms with Gasteiger partial charge in [0.15, 0.2) is 5.16 Å². The summed E-state index contributed by atoms with van der Waals surface area (Å²) in [4.78, 5) is 29.7. The van der Waals surface area contributed by atoms with E-state index in [2.05, 4.69) is 10.3 Å². The van der Waals surface area contributed by atoms with E-state index in [0.29, 0.717) is 22.8 Å². The van der Waals surface area contributed by atoms with Crippen molar-refractivity contribution in [2.24, 2.45) is 0 Å². The number of carbonyl (C=O) groups is 1. The lowest BCUT2D eigenvalue weighted by Gasteiger charge is -2.21. The molecule has 0 unspecified atom stereocenters. The minimum Gasteiger partial charge on any atom is -0.493 e. The van der Waals surface area contributed by atoms with Gasteiger partial charge in [-0.1, -0.05) is 43.3 Å². The highest BCUT2D eigenvalue weighted by molar-refractivity contribution is 7.99. The van der Waals surface area contributed by atoms with Gasteiger partial charge in [-0.25, -0.2) is 0 Å². The smallest absolute Gasteiger partial charge is 0.265 e. The van der Waals surface area contributed by atoms with E-state index in [-0.39, 0.29) is 28.6 Å². The van der Waals surface area contributed by atoms with Crippen LogP contribution in [0.15, 0.2) is 34.2 Å². The van der Waals surface area contributed by atoms with E-state index >= 15 is 0 Å². The molecule has 1 amide bonds. The monoisotopic (exact) mass is 403 g/mol. The second kappa shape index (κ2) is 9.28. The molecule has 2 N–H and O–H groups in total. The van der Waals surface area contributed by atoms with Crippen molar-refractivity contribution in [2.75, 3.05) is 5.75 Å². The Morgan fingerprint density at radius 2 is 1.96 bits per heavy atom. The number of hydrogen-bond donors (Lipinski definition) is 2. The maximum Gasteiger partial charge on any atom is 0.265 e. The number of para-hydroxylation sites is 1. The van der Waals surface area contributed by atoms with Crippen LogP contribution in [0.4, 0.5) is 0 Å². The van der Waals surface area contributed by atoms with Crippen LogP contribution in [0, 0.1) is 6.92 Å². The number of thioether (sulfide) groups is 1. The molecule has 2 aromatic rings. The Balaban J connectivity index is 2.48. The molecule has 0 radical (unpaired) electrons. The van der Waals surface area contributed by atoms with Gasteiger partial charge in [0, 0.05) is 5.54 Å². The number of aryl methyl sites for hydroxylation is 1. The average molecular weight is 404 g/mol. The van der Waals surface area contributed by atoms with Gasteiger partial charge in [-0.05, 0) is 52.2 Å². The highest BCUT2D eigenvalue weighted by atomic mass is 32.2. The third kappa shape index (κ3) is 5.61. The van der Waals surface area contributed by atoms with Gasteiger partial charge in [-0.2, -0.15) is 4.98 Å². The number of benzene rings is 1. The maximum absolute atomic E-state index is 13.2. The second-order valence-electron chi connectivity index (χ2n) is 7.81. The number of unbranched alkanes of at least 4 members (excludes halogenated alkanes) is 1. The topological polar surface area (TPSA) is 84.2 Å².